The van der Waals surface area contributed by atoms with Crippen LogP contribution in [0, 0.1) is 0 Å². The fourth-order valence-electron chi connectivity index (χ4n) is 0.889. The Labute approximate surface area is 58.4 Å². The summed E-state index contributed by atoms with van der Waals surface area (Å²) in [6, 6.07) is -0.532. The average molecular weight is 146 g/mol. The number of nitrogens with zero attached hydrogens (tertiary/aromatic N) is 2. The molecule has 1 heterocycles. The van der Waals surface area contributed by atoms with Crippen LogP contribution in [0.3, 0.4) is 0 Å². The maximum absolute atomic E-state index is 10.8. The van der Waals surface area contributed by atoms with Crippen molar-refractivity contribution in [2.45, 2.75) is 13.2 Å². The second kappa shape index (κ2) is 2.43. The van der Waals surface area contributed by atoms with Crippen molar-refractivity contribution in [3.8, 4) is 0 Å². The molecule has 1 unspecified atom stereocenters. The lowest BCUT2D eigenvalue weighted by Crippen LogP contribution is -2.36. The molecule has 58 valence electrons. The number of rotatable bonds is 1. The number of hydrogen-bond acceptors (Lipinski definition) is 3. The van der Waals surface area contributed by atoms with Crippen molar-refractivity contribution in [3.05, 3.63) is 0 Å². The zero-order chi connectivity index (χ0) is 7.72. The molecule has 10 heavy (non-hydrogen) atoms. The normalized spacial score (nSPS) is 22.1. The monoisotopic (exact) mass is 146 g/mol. The first-order valence-electron chi connectivity index (χ1n) is 3.08. The first-order valence-corrected chi connectivity index (χ1v) is 3.08. The SMILES string of the molecule is CC(O)N1CCN(O)C1=O. The van der Waals surface area contributed by atoms with E-state index in [9.17, 15) is 4.79 Å². The van der Waals surface area contributed by atoms with Gasteiger partial charge in [-0.1, -0.05) is 0 Å². The number of hydroxylamine groups is 2. The third kappa shape index (κ3) is 1.05. The Kier molecular flexibility index (Phi) is 1.78. The van der Waals surface area contributed by atoms with E-state index in [1.165, 1.54) is 11.8 Å². The predicted octanol–water partition coefficient (Wildman–Crippen LogP) is -0.549. The third-order valence-corrected chi connectivity index (χ3v) is 1.47. The Balaban J connectivity index is 2.57. The van der Waals surface area contributed by atoms with E-state index in [0.29, 0.717) is 11.6 Å². The van der Waals surface area contributed by atoms with Crippen LogP contribution >= 0.6 is 0 Å². The molecular weight excluding hydrogens is 136 g/mol. The highest BCUT2D eigenvalue weighted by atomic mass is 16.5. The van der Waals surface area contributed by atoms with Crippen molar-refractivity contribution in [2.24, 2.45) is 0 Å². The van der Waals surface area contributed by atoms with Crippen LogP contribution in [-0.4, -0.2) is 45.6 Å². The van der Waals surface area contributed by atoms with Gasteiger partial charge in [-0.15, -0.1) is 0 Å². The van der Waals surface area contributed by atoms with E-state index in [4.69, 9.17) is 10.3 Å². The zero-order valence-corrected chi connectivity index (χ0v) is 5.69. The molecule has 1 fully saturated rings. The van der Waals surface area contributed by atoms with Crippen LogP contribution in [0.5, 0.6) is 0 Å². The lowest BCUT2D eigenvalue weighted by molar-refractivity contribution is -0.0326. The molecule has 0 aromatic heterocycles. The van der Waals surface area contributed by atoms with Crippen LogP contribution in [0.15, 0.2) is 0 Å². The van der Waals surface area contributed by atoms with Crippen molar-refractivity contribution < 1.29 is 15.1 Å². The van der Waals surface area contributed by atoms with Gasteiger partial charge in [-0.3, -0.25) is 10.1 Å². The first-order chi connectivity index (χ1) is 4.63. The Morgan fingerprint density at radius 1 is 1.60 bits per heavy atom. The molecule has 0 aliphatic carbocycles. The molecule has 1 aliphatic heterocycles. The molecule has 5 heteroatoms. The minimum atomic E-state index is -0.815. The van der Waals surface area contributed by atoms with Crippen LogP contribution < -0.4 is 0 Å². The van der Waals surface area contributed by atoms with Crippen LogP contribution in [0.2, 0.25) is 0 Å². The van der Waals surface area contributed by atoms with Gasteiger partial charge < -0.3 is 5.11 Å². The van der Waals surface area contributed by atoms with Gasteiger partial charge in [0.2, 0.25) is 0 Å². The van der Waals surface area contributed by atoms with Crippen LogP contribution in [0.25, 0.3) is 0 Å². The molecule has 0 radical (unpaired) electrons. The van der Waals surface area contributed by atoms with E-state index in [1.807, 2.05) is 0 Å². The van der Waals surface area contributed by atoms with Gasteiger partial charge >= 0.3 is 6.03 Å². The Morgan fingerprint density at radius 3 is 2.40 bits per heavy atom. The van der Waals surface area contributed by atoms with E-state index in [2.05, 4.69) is 0 Å². The molecule has 0 aromatic rings. The highest BCUT2D eigenvalue weighted by molar-refractivity contribution is 5.75. The van der Waals surface area contributed by atoms with Crippen LogP contribution in [0.4, 0.5) is 4.79 Å². The summed E-state index contributed by atoms with van der Waals surface area (Å²) < 4.78 is 0. The lowest BCUT2D eigenvalue weighted by atomic mass is 10.5. The number of aliphatic hydroxyl groups excluding tert-OH is 1. The zero-order valence-electron chi connectivity index (χ0n) is 5.69. The topological polar surface area (TPSA) is 64.0 Å². The minimum Gasteiger partial charge on any atom is -0.374 e. The fourth-order valence-corrected chi connectivity index (χ4v) is 0.889. The highest BCUT2D eigenvalue weighted by Gasteiger charge is 2.29. The summed E-state index contributed by atoms with van der Waals surface area (Å²) in [5, 5.41) is 18.2. The number of amides is 2. The van der Waals surface area contributed by atoms with E-state index >= 15 is 0 Å². The standard InChI is InChI=1S/C5H10N2O3/c1-4(8)6-2-3-7(10)5(6)9/h4,8,10H,2-3H2,1H3. The van der Waals surface area contributed by atoms with E-state index in [-0.39, 0.29) is 6.54 Å². The number of carbonyl (C=O) groups is 1. The molecule has 0 saturated carbocycles. The van der Waals surface area contributed by atoms with Crippen molar-refractivity contribution in [1.29, 1.82) is 0 Å². The molecule has 1 aliphatic rings. The van der Waals surface area contributed by atoms with E-state index < -0.39 is 12.3 Å². The van der Waals surface area contributed by atoms with Gasteiger partial charge in [0, 0.05) is 6.54 Å². The van der Waals surface area contributed by atoms with Gasteiger partial charge in [0.15, 0.2) is 0 Å². The van der Waals surface area contributed by atoms with Crippen molar-refractivity contribution >= 4 is 6.03 Å². The number of aliphatic hydroxyl groups is 1. The highest BCUT2D eigenvalue weighted by Crippen LogP contribution is 2.07. The molecular formula is C5H10N2O3. The van der Waals surface area contributed by atoms with Crippen molar-refractivity contribution in [3.63, 3.8) is 0 Å². The summed E-state index contributed by atoms with van der Waals surface area (Å²) in [6.45, 7) is 2.13. The van der Waals surface area contributed by atoms with Gasteiger partial charge in [0.1, 0.15) is 6.23 Å². The van der Waals surface area contributed by atoms with Gasteiger partial charge in [-0.2, -0.15) is 0 Å². The Hall–Kier alpha value is -0.810. The molecule has 0 spiro atoms. The van der Waals surface area contributed by atoms with Gasteiger partial charge in [0.25, 0.3) is 0 Å². The minimum absolute atomic E-state index is 0.268. The lowest BCUT2D eigenvalue weighted by Gasteiger charge is -2.17. The number of carbonyl (C=O) groups excluding carboxylic acids is 1. The van der Waals surface area contributed by atoms with Crippen LogP contribution in [-0.2, 0) is 0 Å². The van der Waals surface area contributed by atoms with E-state index in [0.717, 1.165) is 0 Å². The summed E-state index contributed by atoms with van der Waals surface area (Å²) in [5.41, 5.74) is 0. The smallest absolute Gasteiger partial charge is 0.345 e. The molecule has 2 N–H and O–H groups in total. The quantitative estimate of drug-likeness (QED) is 0.488. The van der Waals surface area contributed by atoms with E-state index in [1.54, 1.807) is 0 Å². The molecule has 1 saturated heterocycles. The summed E-state index contributed by atoms with van der Waals surface area (Å²) in [6.07, 6.45) is -0.815. The maximum atomic E-state index is 10.8. The first kappa shape index (κ1) is 7.30. The molecule has 5 nitrogen and oxygen atoms in total. The largest absolute Gasteiger partial charge is 0.374 e. The van der Waals surface area contributed by atoms with Crippen molar-refractivity contribution in [1.82, 2.24) is 9.96 Å². The molecule has 0 aromatic carbocycles. The molecule has 2 amide bonds. The third-order valence-electron chi connectivity index (χ3n) is 1.47. The van der Waals surface area contributed by atoms with Crippen LogP contribution in [0.1, 0.15) is 6.92 Å². The fraction of sp³-hybridized carbons (Fsp3) is 0.800. The summed E-state index contributed by atoms with van der Waals surface area (Å²) in [7, 11) is 0. The second-order valence-corrected chi connectivity index (χ2v) is 2.23. The summed E-state index contributed by atoms with van der Waals surface area (Å²) in [4.78, 5) is 12.0. The van der Waals surface area contributed by atoms with Crippen molar-refractivity contribution in [2.75, 3.05) is 13.1 Å². The molecule has 1 rings (SSSR count). The second-order valence-electron chi connectivity index (χ2n) is 2.23. The number of hydrogen-bond donors (Lipinski definition) is 2. The summed E-state index contributed by atoms with van der Waals surface area (Å²) in [5.74, 6) is 0. The predicted molar refractivity (Wildman–Crippen MR) is 32.3 cm³/mol. The molecule has 1 atom stereocenters. The Morgan fingerprint density at radius 2 is 2.20 bits per heavy atom. The maximum Gasteiger partial charge on any atom is 0.345 e. The average Bonchev–Trinajstić information content (AvgIpc) is 2.14. The number of urea groups is 1. The van der Waals surface area contributed by atoms with Gasteiger partial charge in [-0.05, 0) is 6.92 Å². The van der Waals surface area contributed by atoms with Gasteiger partial charge in [0.05, 0.1) is 6.54 Å². The van der Waals surface area contributed by atoms with Gasteiger partial charge in [-0.25, -0.2) is 9.86 Å². The Bertz CT molecular complexity index is 148. The summed E-state index contributed by atoms with van der Waals surface area (Å²) >= 11 is 0. The molecule has 0 bridgehead atoms.